The van der Waals surface area contributed by atoms with Crippen molar-refractivity contribution in [2.45, 2.75) is 38.6 Å². The van der Waals surface area contributed by atoms with Crippen molar-refractivity contribution in [3.63, 3.8) is 0 Å². The molecule has 1 aromatic rings. The van der Waals surface area contributed by atoms with Crippen LogP contribution in [0.15, 0.2) is 24.3 Å². The van der Waals surface area contributed by atoms with Crippen molar-refractivity contribution >= 4 is 18.3 Å². The van der Waals surface area contributed by atoms with E-state index in [1.165, 1.54) is 12.0 Å². The van der Waals surface area contributed by atoms with Gasteiger partial charge in [-0.2, -0.15) is 0 Å². The highest BCUT2D eigenvalue weighted by Gasteiger charge is 2.42. The van der Waals surface area contributed by atoms with Crippen LogP contribution in [0.25, 0.3) is 0 Å². The molecule has 2 fully saturated rings. The summed E-state index contributed by atoms with van der Waals surface area (Å²) in [4.78, 5) is 14.5. The highest BCUT2D eigenvalue weighted by atomic mass is 35.5. The molecule has 1 saturated heterocycles. The molecule has 21 heavy (non-hydrogen) atoms. The van der Waals surface area contributed by atoms with Gasteiger partial charge in [0.2, 0.25) is 0 Å². The minimum Gasteiger partial charge on any atom is -0.338 e. The van der Waals surface area contributed by atoms with Gasteiger partial charge >= 0.3 is 0 Å². The lowest BCUT2D eigenvalue weighted by Crippen LogP contribution is -2.33. The first-order valence-corrected chi connectivity index (χ1v) is 7.83. The van der Waals surface area contributed by atoms with Crippen LogP contribution >= 0.6 is 12.4 Å². The second-order valence-electron chi connectivity index (χ2n) is 6.32. The Bertz CT molecular complexity index is 488. The molecule has 1 amide bonds. The first kappa shape index (κ1) is 16.3. The zero-order valence-corrected chi connectivity index (χ0v) is 13.4. The second-order valence-corrected chi connectivity index (χ2v) is 6.32. The molecule has 1 aromatic carbocycles. The predicted octanol–water partition coefficient (Wildman–Crippen LogP) is 2.87. The molecule has 1 saturated carbocycles. The van der Waals surface area contributed by atoms with E-state index in [1.54, 1.807) is 0 Å². The van der Waals surface area contributed by atoms with Gasteiger partial charge in [0.25, 0.3) is 5.91 Å². The lowest BCUT2D eigenvalue weighted by Gasteiger charge is -2.19. The second kappa shape index (κ2) is 6.80. The van der Waals surface area contributed by atoms with Gasteiger partial charge in [0, 0.05) is 24.7 Å². The van der Waals surface area contributed by atoms with E-state index in [-0.39, 0.29) is 18.3 Å². The maximum atomic E-state index is 12.5. The van der Waals surface area contributed by atoms with Crippen LogP contribution in [0, 0.1) is 11.8 Å². The number of aryl methyl sites for hydroxylation is 1. The number of nitrogens with two attached hydrogens (primary N) is 1. The molecular weight excluding hydrogens is 284 g/mol. The molecule has 2 N–H and O–H groups in total. The van der Waals surface area contributed by atoms with Crippen molar-refractivity contribution in [1.82, 2.24) is 4.90 Å². The molecule has 0 radical (unpaired) electrons. The van der Waals surface area contributed by atoms with Crippen molar-refractivity contribution in [3.8, 4) is 0 Å². The smallest absolute Gasteiger partial charge is 0.253 e. The van der Waals surface area contributed by atoms with Gasteiger partial charge in [-0.25, -0.2) is 0 Å². The van der Waals surface area contributed by atoms with Crippen LogP contribution in [0.2, 0.25) is 0 Å². The van der Waals surface area contributed by atoms with Crippen molar-refractivity contribution in [2.24, 2.45) is 17.6 Å². The first-order chi connectivity index (χ1) is 9.69. The first-order valence-electron chi connectivity index (χ1n) is 7.83. The number of fused-ring (bicyclic) bond motifs is 1. The third-order valence-corrected chi connectivity index (χ3v) is 4.94. The zero-order valence-electron chi connectivity index (χ0n) is 12.6. The highest BCUT2D eigenvalue weighted by Crippen LogP contribution is 2.37. The number of benzene rings is 1. The number of carbonyl (C=O) groups excluding carboxylic acids is 1. The van der Waals surface area contributed by atoms with E-state index in [0.29, 0.717) is 17.9 Å². The molecule has 0 bridgehead atoms. The van der Waals surface area contributed by atoms with Crippen molar-refractivity contribution in [1.29, 1.82) is 0 Å². The zero-order chi connectivity index (χ0) is 14.1. The Morgan fingerprint density at radius 2 is 1.95 bits per heavy atom. The average molecular weight is 309 g/mol. The molecule has 1 aliphatic heterocycles. The van der Waals surface area contributed by atoms with E-state index in [4.69, 9.17) is 5.73 Å². The third-order valence-electron chi connectivity index (χ3n) is 4.94. The number of hydrogen-bond acceptors (Lipinski definition) is 2. The molecule has 3 unspecified atom stereocenters. The van der Waals surface area contributed by atoms with Crippen LogP contribution in [0.5, 0.6) is 0 Å². The SMILES string of the molecule is CCCc1ccc(C(=O)N2CC3CCC(N)C3C2)cc1.Cl. The summed E-state index contributed by atoms with van der Waals surface area (Å²) in [5, 5.41) is 0. The number of rotatable bonds is 3. The van der Waals surface area contributed by atoms with E-state index < -0.39 is 0 Å². The Morgan fingerprint density at radius 3 is 2.57 bits per heavy atom. The van der Waals surface area contributed by atoms with Gasteiger partial charge in [0.1, 0.15) is 0 Å². The molecule has 1 aliphatic carbocycles. The van der Waals surface area contributed by atoms with Gasteiger partial charge in [-0.15, -0.1) is 12.4 Å². The molecular formula is C17H25ClN2O. The maximum absolute atomic E-state index is 12.5. The fourth-order valence-electron chi connectivity index (χ4n) is 3.76. The Hall–Kier alpha value is -1.06. The van der Waals surface area contributed by atoms with Gasteiger partial charge in [-0.05, 0) is 48.8 Å². The summed E-state index contributed by atoms with van der Waals surface area (Å²) < 4.78 is 0. The lowest BCUT2D eigenvalue weighted by molar-refractivity contribution is 0.0779. The highest BCUT2D eigenvalue weighted by molar-refractivity contribution is 5.94. The predicted molar refractivity (Wildman–Crippen MR) is 87.8 cm³/mol. The minimum atomic E-state index is 0. The topological polar surface area (TPSA) is 46.3 Å². The maximum Gasteiger partial charge on any atom is 0.253 e. The van der Waals surface area contributed by atoms with E-state index in [0.717, 1.165) is 37.9 Å². The summed E-state index contributed by atoms with van der Waals surface area (Å²) in [6.07, 6.45) is 4.53. The Kier molecular flexibility index (Phi) is 5.28. The summed E-state index contributed by atoms with van der Waals surface area (Å²) in [7, 11) is 0. The molecule has 116 valence electrons. The van der Waals surface area contributed by atoms with Crippen LogP contribution in [0.3, 0.4) is 0 Å². The van der Waals surface area contributed by atoms with Crippen LogP contribution in [-0.2, 0) is 6.42 Å². The summed E-state index contributed by atoms with van der Waals surface area (Å²) >= 11 is 0. The Labute approximate surface area is 133 Å². The number of hydrogen-bond donors (Lipinski definition) is 1. The molecule has 4 heteroatoms. The molecule has 1 heterocycles. The molecule has 0 aromatic heterocycles. The number of likely N-dealkylation sites (tertiary alicyclic amines) is 1. The number of carbonyl (C=O) groups is 1. The average Bonchev–Trinajstić information content (AvgIpc) is 3.02. The third kappa shape index (κ3) is 3.24. The van der Waals surface area contributed by atoms with Gasteiger partial charge in [-0.1, -0.05) is 25.5 Å². The lowest BCUT2D eigenvalue weighted by atomic mass is 9.98. The van der Waals surface area contributed by atoms with Gasteiger partial charge in [0.05, 0.1) is 0 Å². The summed E-state index contributed by atoms with van der Waals surface area (Å²) in [6.45, 7) is 3.92. The molecule has 2 aliphatic rings. The normalized spacial score (nSPS) is 27.3. The quantitative estimate of drug-likeness (QED) is 0.933. The van der Waals surface area contributed by atoms with Crippen molar-refractivity contribution in [3.05, 3.63) is 35.4 Å². The fraction of sp³-hybridized carbons (Fsp3) is 0.588. The number of nitrogens with zero attached hydrogens (tertiary/aromatic N) is 1. The van der Waals surface area contributed by atoms with Gasteiger partial charge < -0.3 is 10.6 Å². The number of halogens is 1. The fourth-order valence-corrected chi connectivity index (χ4v) is 3.76. The van der Waals surface area contributed by atoms with Crippen LogP contribution < -0.4 is 5.73 Å². The Balaban J connectivity index is 0.00000161. The van der Waals surface area contributed by atoms with E-state index in [9.17, 15) is 4.79 Å². The molecule has 3 rings (SSSR count). The monoisotopic (exact) mass is 308 g/mol. The Morgan fingerprint density at radius 1 is 1.24 bits per heavy atom. The van der Waals surface area contributed by atoms with E-state index >= 15 is 0 Å². The van der Waals surface area contributed by atoms with Crippen LogP contribution in [-0.4, -0.2) is 29.9 Å². The van der Waals surface area contributed by atoms with Gasteiger partial charge in [-0.3, -0.25) is 4.79 Å². The molecule has 3 atom stereocenters. The summed E-state index contributed by atoms with van der Waals surface area (Å²) in [5.74, 6) is 1.33. The van der Waals surface area contributed by atoms with E-state index in [2.05, 4.69) is 19.1 Å². The largest absolute Gasteiger partial charge is 0.338 e. The molecule has 0 spiro atoms. The standard InChI is InChI=1S/C17H24N2O.ClH/c1-2-3-12-4-6-13(7-5-12)17(20)19-10-14-8-9-16(18)15(14)11-19;/h4-7,14-16H,2-3,8-11,18H2,1H3;1H. The van der Waals surface area contributed by atoms with Crippen LogP contribution in [0.1, 0.15) is 42.1 Å². The van der Waals surface area contributed by atoms with Gasteiger partial charge in [0.15, 0.2) is 0 Å². The summed E-state index contributed by atoms with van der Waals surface area (Å²) in [6, 6.07) is 8.41. The van der Waals surface area contributed by atoms with Crippen LogP contribution in [0.4, 0.5) is 0 Å². The molecule has 3 nitrogen and oxygen atoms in total. The minimum absolute atomic E-state index is 0. The van der Waals surface area contributed by atoms with Crippen molar-refractivity contribution < 1.29 is 4.79 Å². The number of amides is 1. The van der Waals surface area contributed by atoms with E-state index in [1.807, 2.05) is 17.0 Å². The van der Waals surface area contributed by atoms with Crippen molar-refractivity contribution in [2.75, 3.05) is 13.1 Å². The summed E-state index contributed by atoms with van der Waals surface area (Å²) in [5.41, 5.74) is 8.26.